The first kappa shape index (κ1) is 16.3. The molecule has 0 bridgehead atoms. The van der Waals surface area contributed by atoms with Gasteiger partial charge in [0.05, 0.1) is 6.42 Å². The van der Waals surface area contributed by atoms with Gasteiger partial charge in [-0.15, -0.1) is 0 Å². The number of rotatable bonds is 4. The summed E-state index contributed by atoms with van der Waals surface area (Å²) in [6.45, 7) is 1.82. The second-order valence-electron chi connectivity index (χ2n) is 5.29. The van der Waals surface area contributed by atoms with Crippen molar-refractivity contribution in [1.29, 1.82) is 0 Å². The van der Waals surface area contributed by atoms with Crippen LogP contribution in [-0.4, -0.2) is 21.1 Å². The van der Waals surface area contributed by atoms with Crippen LogP contribution in [0.2, 0.25) is 0 Å². The van der Waals surface area contributed by atoms with E-state index in [4.69, 9.17) is 0 Å². The third-order valence-corrected chi connectivity index (χ3v) is 4.13. The van der Waals surface area contributed by atoms with Crippen molar-refractivity contribution in [3.63, 3.8) is 0 Å². The Morgan fingerprint density at radius 3 is 2.88 bits per heavy atom. The zero-order chi connectivity index (χ0) is 17.1. The molecule has 2 N–H and O–H groups in total. The molecule has 24 heavy (non-hydrogen) atoms. The maximum absolute atomic E-state index is 13.3. The van der Waals surface area contributed by atoms with Gasteiger partial charge in [0.1, 0.15) is 11.6 Å². The van der Waals surface area contributed by atoms with Crippen LogP contribution in [0.1, 0.15) is 11.4 Å². The second-order valence-corrected chi connectivity index (χ2v) is 6.14. The molecule has 0 aliphatic rings. The number of anilines is 1. The number of benzene rings is 2. The number of aromatic nitrogens is 3. The Kier molecular flexibility index (Phi) is 4.71. The molecular formula is C17H14BrFN4O. The lowest BCUT2D eigenvalue weighted by Gasteiger charge is -2.08. The number of aromatic amines is 1. The third-order valence-electron chi connectivity index (χ3n) is 3.36. The molecule has 0 radical (unpaired) electrons. The summed E-state index contributed by atoms with van der Waals surface area (Å²) in [4.78, 5) is 16.5. The molecule has 0 aliphatic carbocycles. The number of halogens is 2. The van der Waals surface area contributed by atoms with E-state index in [1.54, 1.807) is 18.2 Å². The SMILES string of the molecule is Cc1nc(-c2cccc(NC(=O)Cc3cc(F)ccc3Br)c2)n[nH]1. The first-order chi connectivity index (χ1) is 11.5. The van der Waals surface area contributed by atoms with Crippen molar-refractivity contribution in [3.05, 3.63) is 64.1 Å². The number of nitrogens with one attached hydrogen (secondary N) is 2. The number of aryl methyl sites for hydroxylation is 1. The van der Waals surface area contributed by atoms with Gasteiger partial charge in [-0.3, -0.25) is 9.89 Å². The van der Waals surface area contributed by atoms with E-state index >= 15 is 0 Å². The van der Waals surface area contributed by atoms with Crippen LogP contribution >= 0.6 is 15.9 Å². The van der Waals surface area contributed by atoms with E-state index in [1.807, 2.05) is 19.1 Å². The highest BCUT2D eigenvalue weighted by Crippen LogP contribution is 2.21. The minimum Gasteiger partial charge on any atom is -0.326 e. The summed E-state index contributed by atoms with van der Waals surface area (Å²) in [6.07, 6.45) is 0.0718. The van der Waals surface area contributed by atoms with Crippen LogP contribution in [0.15, 0.2) is 46.9 Å². The van der Waals surface area contributed by atoms with Gasteiger partial charge in [-0.05, 0) is 42.8 Å². The molecule has 0 unspecified atom stereocenters. The first-order valence-corrected chi connectivity index (χ1v) is 8.04. The molecule has 5 nitrogen and oxygen atoms in total. The van der Waals surface area contributed by atoms with Gasteiger partial charge in [-0.2, -0.15) is 5.10 Å². The predicted octanol–water partition coefficient (Wildman–Crippen LogP) is 3.86. The lowest BCUT2D eigenvalue weighted by molar-refractivity contribution is -0.115. The molecule has 1 aromatic heterocycles. The molecule has 0 aliphatic heterocycles. The average Bonchev–Trinajstić information content (AvgIpc) is 2.98. The number of hydrogen-bond acceptors (Lipinski definition) is 3. The van der Waals surface area contributed by atoms with Crippen molar-refractivity contribution in [2.45, 2.75) is 13.3 Å². The molecule has 2 aromatic carbocycles. The zero-order valence-corrected chi connectivity index (χ0v) is 14.4. The Morgan fingerprint density at radius 1 is 1.29 bits per heavy atom. The molecule has 0 atom stereocenters. The summed E-state index contributed by atoms with van der Waals surface area (Å²) < 4.78 is 14.0. The molecule has 1 heterocycles. The molecular weight excluding hydrogens is 375 g/mol. The van der Waals surface area contributed by atoms with Crippen LogP contribution in [0.3, 0.4) is 0 Å². The number of carbonyl (C=O) groups excluding carboxylic acids is 1. The van der Waals surface area contributed by atoms with Gasteiger partial charge in [0, 0.05) is 15.7 Å². The highest BCUT2D eigenvalue weighted by molar-refractivity contribution is 9.10. The third kappa shape index (κ3) is 3.86. The normalized spacial score (nSPS) is 10.6. The Hall–Kier alpha value is -2.54. The number of nitrogens with zero attached hydrogens (tertiary/aromatic N) is 2. The van der Waals surface area contributed by atoms with Crippen molar-refractivity contribution >= 4 is 27.5 Å². The highest BCUT2D eigenvalue weighted by atomic mass is 79.9. The number of carbonyl (C=O) groups is 1. The topological polar surface area (TPSA) is 70.7 Å². The van der Waals surface area contributed by atoms with E-state index in [-0.39, 0.29) is 18.1 Å². The average molecular weight is 389 g/mol. The molecule has 0 fully saturated rings. The molecule has 7 heteroatoms. The highest BCUT2D eigenvalue weighted by Gasteiger charge is 2.10. The van der Waals surface area contributed by atoms with E-state index in [0.717, 1.165) is 11.4 Å². The Labute approximate surface area is 146 Å². The van der Waals surface area contributed by atoms with E-state index in [0.29, 0.717) is 21.5 Å². The molecule has 0 saturated carbocycles. The molecule has 0 saturated heterocycles. The summed E-state index contributed by atoms with van der Waals surface area (Å²) >= 11 is 3.32. The van der Waals surface area contributed by atoms with Crippen LogP contribution in [0.5, 0.6) is 0 Å². The molecule has 3 aromatic rings. The summed E-state index contributed by atoms with van der Waals surface area (Å²) in [6, 6.07) is 11.5. The van der Waals surface area contributed by atoms with Crippen molar-refractivity contribution in [2.24, 2.45) is 0 Å². The maximum Gasteiger partial charge on any atom is 0.228 e. The first-order valence-electron chi connectivity index (χ1n) is 7.24. The van der Waals surface area contributed by atoms with Gasteiger partial charge in [-0.25, -0.2) is 9.37 Å². The quantitative estimate of drug-likeness (QED) is 0.712. The van der Waals surface area contributed by atoms with E-state index < -0.39 is 0 Å². The minimum absolute atomic E-state index is 0.0718. The van der Waals surface area contributed by atoms with E-state index in [1.165, 1.54) is 12.1 Å². The van der Waals surface area contributed by atoms with Gasteiger partial charge >= 0.3 is 0 Å². The maximum atomic E-state index is 13.3. The van der Waals surface area contributed by atoms with Crippen LogP contribution in [-0.2, 0) is 11.2 Å². The zero-order valence-electron chi connectivity index (χ0n) is 12.8. The van der Waals surface area contributed by atoms with Crippen molar-refractivity contribution in [1.82, 2.24) is 15.2 Å². The van der Waals surface area contributed by atoms with Gasteiger partial charge in [-0.1, -0.05) is 28.1 Å². The van der Waals surface area contributed by atoms with Crippen molar-refractivity contribution in [3.8, 4) is 11.4 Å². The summed E-state index contributed by atoms with van der Waals surface area (Å²) in [7, 11) is 0. The Balaban J connectivity index is 1.74. The smallest absolute Gasteiger partial charge is 0.228 e. The van der Waals surface area contributed by atoms with Crippen LogP contribution < -0.4 is 5.32 Å². The lowest BCUT2D eigenvalue weighted by Crippen LogP contribution is -2.14. The lowest BCUT2D eigenvalue weighted by atomic mass is 10.1. The van der Waals surface area contributed by atoms with Crippen LogP contribution in [0, 0.1) is 12.7 Å². The Morgan fingerprint density at radius 2 is 2.12 bits per heavy atom. The standard InChI is InChI=1S/C17H14BrFN4O/c1-10-20-17(23-22-10)11-3-2-4-14(8-11)21-16(24)9-12-7-13(19)5-6-15(12)18/h2-8H,9H2,1H3,(H,21,24)(H,20,22,23). The van der Waals surface area contributed by atoms with Gasteiger partial charge in [0.25, 0.3) is 0 Å². The fourth-order valence-electron chi connectivity index (χ4n) is 2.26. The van der Waals surface area contributed by atoms with Crippen LogP contribution in [0.25, 0.3) is 11.4 Å². The monoisotopic (exact) mass is 388 g/mol. The minimum atomic E-state index is -0.372. The van der Waals surface area contributed by atoms with E-state index in [9.17, 15) is 9.18 Å². The van der Waals surface area contributed by atoms with Gasteiger partial charge in [0.2, 0.25) is 5.91 Å². The van der Waals surface area contributed by atoms with Gasteiger partial charge in [0.15, 0.2) is 5.82 Å². The predicted molar refractivity (Wildman–Crippen MR) is 93.0 cm³/mol. The fraction of sp³-hybridized carbons (Fsp3) is 0.118. The largest absolute Gasteiger partial charge is 0.326 e. The summed E-state index contributed by atoms with van der Waals surface area (Å²) in [5.41, 5.74) is 2.02. The molecule has 0 spiro atoms. The molecule has 122 valence electrons. The number of hydrogen-bond donors (Lipinski definition) is 2. The fourth-order valence-corrected chi connectivity index (χ4v) is 2.65. The van der Waals surface area contributed by atoms with Crippen LogP contribution in [0.4, 0.5) is 10.1 Å². The van der Waals surface area contributed by atoms with Crippen molar-refractivity contribution in [2.75, 3.05) is 5.32 Å². The van der Waals surface area contributed by atoms with Gasteiger partial charge < -0.3 is 5.32 Å². The van der Waals surface area contributed by atoms with Crippen molar-refractivity contribution < 1.29 is 9.18 Å². The van der Waals surface area contributed by atoms with E-state index in [2.05, 4.69) is 36.4 Å². The summed E-state index contributed by atoms with van der Waals surface area (Å²) in [5, 5.41) is 9.69. The Bertz CT molecular complexity index is 894. The second kappa shape index (κ2) is 6.92. The number of amides is 1. The molecule has 3 rings (SSSR count). The molecule has 1 amide bonds. The summed E-state index contributed by atoms with van der Waals surface area (Å²) in [5.74, 6) is 0.680. The number of H-pyrrole nitrogens is 1.